The van der Waals surface area contributed by atoms with Crippen molar-refractivity contribution < 1.29 is 28.6 Å². The zero-order valence-corrected chi connectivity index (χ0v) is 16.2. The molecular formula is C16H16IN3O6. The van der Waals surface area contributed by atoms with E-state index >= 15 is 0 Å². The molecule has 1 rings (SSSR count). The van der Waals surface area contributed by atoms with E-state index in [9.17, 15) is 14.4 Å². The van der Waals surface area contributed by atoms with Crippen LogP contribution in [-0.2, 0) is 14.3 Å². The first-order valence-corrected chi connectivity index (χ1v) is 8.28. The zero-order chi connectivity index (χ0) is 19.7. The highest BCUT2D eigenvalue weighted by molar-refractivity contribution is 14.1. The minimum atomic E-state index is -1.06. The van der Waals surface area contributed by atoms with Crippen LogP contribution in [0, 0.1) is 14.9 Å². The first-order chi connectivity index (χ1) is 12.3. The maximum absolute atomic E-state index is 11.8. The topological polar surface area (TPSA) is 141 Å². The van der Waals surface area contributed by atoms with Crippen molar-refractivity contribution in [1.29, 1.82) is 5.26 Å². The summed E-state index contributed by atoms with van der Waals surface area (Å²) in [4.78, 5) is 33.8. The first-order valence-electron chi connectivity index (χ1n) is 7.20. The fraction of sp³-hybridized carbons (Fsp3) is 0.250. The molecule has 0 spiro atoms. The standard InChI is InChI=1S/C16H16IN3O6/c1-3-25-12-6-9(4-10(7-18)15(22)20-16(19)23)5-11(17)14(12)26-8-13(21)24-2/h4-6H,3,8H2,1-2H3,(H3,19,20,22,23)/b10-4-. The number of primary amides is 1. The molecule has 3 amide bonds. The smallest absolute Gasteiger partial charge is 0.343 e. The van der Waals surface area contributed by atoms with Crippen LogP contribution in [0.2, 0.25) is 0 Å². The number of nitrogens with zero attached hydrogens (tertiary/aromatic N) is 1. The molecule has 0 saturated heterocycles. The molecule has 0 bridgehead atoms. The molecule has 0 fully saturated rings. The molecule has 0 radical (unpaired) electrons. The van der Waals surface area contributed by atoms with Crippen molar-refractivity contribution in [2.45, 2.75) is 6.92 Å². The quantitative estimate of drug-likeness (QED) is 0.264. The Morgan fingerprint density at radius 2 is 2.04 bits per heavy atom. The second-order valence-electron chi connectivity index (χ2n) is 4.62. The predicted octanol–water partition coefficient (Wildman–Crippen LogP) is 1.34. The molecule has 0 aromatic heterocycles. The molecule has 1 aromatic carbocycles. The number of esters is 1. The number of methoxy groups -OCH3 is 1. The van der Waals surface area contributed by atoms with Crippen molar-refractivity contribution >= 4 is 46.6 Å². The number of imide groups is 1. The molecule has 138 valence electrons. The van der Waals surface area contributed by atoms with Gasteiger partial charge in [0.25, 0.3) is 5.91 Å². The van der Waals surface area contributed by atoms with Crippen LogP contribution in [0.15, 0.2) is 17.7 Å². The third-order valence-electron chi connectivity index (χ3n) is 2.81. The molecule has 9 nitrogen and oxygen atoms in total. The van der Waals surface area contributed by atoms with Gasteiger partial charge in [-0.25, -0.2) is 9.59 Å². The van der Waals surface area contributed by atoms with Gasteiger partial charge in [0.05, 0.1) is 17.3 Å². The van der Waals surface area contributed by atoms with Gasteiger partial charge in [-0.05, 0) is 53.3 Å². The number of nitriles is 1. The Labute approximate surface area is 163 Å². The molecule has 0 atom stereocenters. The van der Waals surface area contributed by atoms with E-state index in [1.54, 1.807) is 19.1 Å². The van der Waals surface area contributed by atoms with Gasteiger partial charge in [-0.3, -0.25) is 10.1 Å². The molecule has 0 saturated carbocycles. The summed E-state index contributed by atoms with van der Waals surface area (Å²) in [5, 5.41) is 10.9. The number of nitrogens with one attached hydrogen (secondary N) is 1. The Morgan fingerprint density at radius 1 is 1.35 bits per heavy atom. The van der Waals surface area contributed by atoms with E-state index in [0.717, 1.165) is 0 Å². The summed E-state index contributed by atoms with van der Waals surface area (Å²) in [6, 6.07) is 3.78. The first kappa shape index (κ1) is 21.2. The van der Waals surface area contributed by atoms with Crippen molar-refractivity contribution in [2.75, 3.05) is 20.3 Å². The normalized spacial score (nSPS) is 10.5. The third-order valence-corrected chi connectivity index (χ3v) is 3.61. The number of amides is 3. The number of nitrogens with two attached hydrogens (primary N) is 1. The van der Waals surface area contributed by atoms with Crippen molar-refractivity contribution in [3.8, 4) is 17.6 Å². The molecule has 0 unspecified atom stereocenters. The number of hydrogen-bond acceptors (Lipinski definition) is 7. The average molecular weight is 473 g/mol. The molecule has 0 heterocycles. The lowest BCUT2D eigenvalue weighted by Crippen LogP contribution is -2.35. The van der Waals surface area contributed by atoms with Crippen LogP contribution >= 0.6 is 22.6 Å². The summed E-state index contributed by atoms with van der Waals surface area (Å²) >= 11 is 1.96. The molecule has 1 aromatic rings. The Balaban J connectivity index is 3.23. The summed E-state index contributed by atoms with van der Waals surface area (Å²) in [6.45, 7) is 1.79. The highest BCUT2D eigenvalue weighted by Gasteiger charge is 2.16. The number of benzene rings is 1. The fourth-order valence-corrected chi connectivity index (χ4v) is 2.54. The van der Waals surface area contributed by atoms with E-state index in [0.29, 0.717) is 27.2 Å². The molecule has 10 heteroatoms. The summed E-state index contributed by atoms with van der Waals surface area (Å²) in [6.07, 6.45) is 1.27. The van der Waals surface area contributed by atoms with Crippen molar-refractivity contribution in [2.24, 2.45) is 5.73 Å². The number of hydrogen-bond donors (Lipinski definition) is 2. The van der Waals surface area contributed by atoms with E-state index < -0.39 is 17.9 Å². The fourth-order valence-electron chi connectivity index (χ4n) is 1.76. The highest BCUT2D eigenvalue weighted by atomic mass is 127. The van der Waals surface area contributed by atoms with Crippen LogP contribution in [0.1, 0.15) is 12.5 Å². The summed E-state index contributed by atoms with van der Waals surface area (Å²) in [5.41, 5.74) is 5.02. The van der Waals surface area contributed by atoms with Gasteiger partial charge in [-0.2, -0.15) is 5.26 Å². The summed E-state index contributed by atoms with van der Waals surface area (Å²) < 4.78 is 16.0. The van der Waals surface area contributed by atoms with Crippen molar-refractivity contribution in [1.82, 2.24) is 5.32 Å². The van der Waals surface area contributed by atoms with E-state index in [1.165, 1.54) is 19.3 Å². The Bertz CT molecular complexity index is 785. The van der Waals surface area contributed by atoms with Crippen LogP contribution in [0.25, 0.3) is 6.08 Å². The lowest BCUT2D eigenvalue weighted by molar-refractivity contribution is -0.143. The number of ether oxygens (including phenoxy) is 3. The third kappa shape index (κ3) is 6.25. The van der Waals surface area contributed by atoms with Gasteiger partial charge < -0.3 is 19.9 Å². The molecule has 0 aliphatic heterocycles. The Morgan fingerprint density at radius 3 is 2.58 bits per heavy atom. The van der Waals surface area contributed by atoms with Crippen LogP contribution in [0.3, 0.4) is 0 Å². The van der Waals surface area contributed by atoms with Gasteiger partial charge in [-0.1, -0.05) is 0 Å². The van der Waals surface area contributed by atoms with Crippen LogP contribution in [0.5, 0.6) is 11.5 Å². The average Bonchev–Trinajstić information content (AvgIpc) is 2.58. The van der Waals surface area contributed by atoms with Gasteiger partial charge in [0.15, 0.2) is 18.1 Å². The highest BCUT2D eigenvalue weighted by Crippen LogP contribution is 2.35. The zero-order valence-electron chi connectivity index (χ0n) is 14.0. The molecule has 3 N–H and O–H groups in total. The maximum atomic E-state index is 11.8. The van der Waals surface area contributed by atoms with Crippen LogP contribution in [0.4, 0.5) is 4.79 Å². The maximum Gasteiger partial charge on any atom is 0.343 e. The van der Waals surface area contributed by atoms with Gasteiger partial charge in [0.1, 0.15) is 11.6 Å². The SMILES string of the molecule is CCOc1cc(/C=C(/C#N)C(=O)NC(N)=O)cc(I)c1OCC(=O)OC. The van der Waals surface area contributed by atoms with Crippen LogP contribution in [-0.4, -0.2) is 38.2 Å². The second kappa shape index (κ2) is 10.2. The minimum absolute atomic E-state index is 0.299. The number of carbonyl (C=O) groups is 3. The largest absolute Gasteiger partial charge is 0.490 e. The van der Waals surface area contributed by atoms with E-state index in [2.05, 4.69) is 4.74 Å². The second-order valence-corrected chi connectivity index (χ2v) is 5.78. The van der Waals surface area contributed by atoms with Gasteiger partial charge in [-0.15, -0.1) is 0 Å². The molecule has 26 heavy (non-hydrogen) atoms. The van der Waals surface area contributed by atoms with E-state index in [-0.39, 0.29) is 12.2 Å². The molecule has 0 aliphatic carbocycles. The monoisotopic (exact) mass is 473 g/mol. The van der Waals surface area contributed by atoms with E-state index in [4.69, 9.17) is 20.5 Å². The van der Waals surface area contributed by atoms with Crippen molar-refractivity contribution in [3.05, 3.63) is 26.8 Å². The number of halogens is 1. The number of carbonyl (C=O) groups excluding carboxylic acids is 3. The number of rotatable bonds is 7. The lowest BCUT2D eigenvalue weighted by atomic mass is 10.1. The predicted molar refractivity (Wildman–Crippen MR) is 99.2 cm³/mol. The minimum Gasteiger partial charge on any atom is -0.490 e. The van der Waals surface area contributed by atoms with Crippen molar-refractivity contribution in [3.63, 3.8) is 0 Å². The molecule has 0 aliphatic rings. The lowest BCUT2D eigenvalue weighted by Gasteiger charge is -2.14. The summed E-state index contributed by atoms with van der Waals surface area (Å²) in [5.74, 6) is -0.821. The van der Waals surface area contributed by atoms with E-state index in [1.807, 2.05) is 27.9 Å². The van der Waals surface area contributed by atoms with Gasteiger partial charge in [0.2, 0.25) is 0 Å². The summed E-state index contributed by atoms with van der Waals surface area (Å²) in [7, 11) is 1.24. The van der Waals surface area contributed by atoms with Gasteiger partial charge >= 0.3 is 12.0 Å². The van der Waals surface area contributed by atoms with Gasteiger partial charge in [0, 0.05) is 0 Å². The molecular weight excluding hydrogens is 457 g/mol. The Kier molecular flexibility index (Phi) is 8.36. The Hall–Kier alpha value is -2.81. The number of urea groups is 1. The van der Waals surface area contributed by atoms with Crippen LogP contribution < -0.4 is 20.5 Å².